The molecule has 128 valence electrons. The van der Waals surface area contributed by atoms with E-state index in [2.05, 4.69) is 23.7 Å². The summed E-state index contributed by atoms with van der Waals surface area (Å²) >= 11 is 0. The second kappa shape index (κ2) is 6.91. The highest BCUT2D eigenvalue weighted by Crippen LogP contribution is 2.23. The molecule has 0 aliphatic carbocycles. The zero-order valence-electron chi connectivity index (χ0n) is 14.8. The van der Waals surface area contributed by atoms with Crippen molar-refractivity contribution in [2.24, 2.45) is 0 Å². The molecule has 0 radical (unpaired) electrons. The summed E-state index contributed by atoms with van der Waals surface area (Å²) in [6.07, 6.45) is 0. The molecule has 1 heterocycles. The summed E-state index contributed by atoms with van der Waals surface area (Å²) in [5.74, 6) is -1.69. The van der Waals surface area contributed by atoms with Gasteiger partial charge in [-0.3, -0.25) is 9.59 Å². The van der Waals surface area contributed by atoms with Crippen molar-refractivity contribution in [3.05, 3.63) is 52.8 Å². The van der Waals surface area contributed by atoms with Crippen LogP contribution in [0.5, 0.6) is 0 Å². The normalized spacial score (nSPS) is 12.2. The summed E-state index contributed by atoms with van der Waals surface area (Å²) in [6, 6.07) is 9.14. The summed E-state index contributed by atoms with van der Waals surface area (Å²) in [4.78, 5) is 23.7. The van der Waals surface area contributed by atoms with E-state index in [1.54, 1.807) is 31.2 Å². The second-order valence-electron chi connectivity index (χ2n) is 6.39. The minimum atomic E-state index is -0.890. The molecule has 1 unspecified atom stereocenters. The van der Waals surface area contributed by atoms with Crippen LogP contribution in [0.1, 0.15) is 60.0 Å². The van der Waals surface area contributed by atoms with E-state index >= 15 is 0 Å². The minimum absolute atomic E-state index is 0.185. The van der Waals surface area contributed by atoms with Gasteiger partial charge in [-0.25, -0.2) is 0 Å². The molecule has 0 spiro atoms. The van der Waals surface area contributed by atoms with Gasteiger partial charge >= 0.3 is 5.97 Å². The molecule has 0 saturated carbocycles. The number of nitrogens with one attached hydrogen (secondary N) is 1. The van der Waals surface area contributed by atoms with Gasteiger partial charge < -0.3 is 15.0 Å². The molecule has 0 fully saturated rings. The second-order valence-corrected chi connectivity index (χ2v) is 6.39. The van der Waals surface area contributed by atoms with Crippen LogP contribution in [-0.4, -0.2) is 21.6 Å². The lowest BCUT2D eigenvalue weighted by Crippen LogP contribution is -2.14. The van der Waals surface area contributed by atoms with Crippen LogP contribution >= 0.6 is 0 Å². The van der Waals surface area contributed by atoms with Gasteiger partial charge in [-0.05, 0) is 58.4 Å². The van der Waals surface area contributed by atoms with E-state index in [4.69, 9.17) is 5.11 Å². The van der Waals surface area contributed by atoms with E-state index in [1.165, 1.54) is 0 Å². The van der Waals surface area contributed by atoms with Crippen LogP contribution < -0.4 is 5.32 Å². The van der Waals surface area contributed by atoms with Crippen molar-refractivity contribution < 1.29 is 14.7 Å². The maximum atomic E-state index is 12.6. The summed E-state index contributed by atoms with van der Waals surface area (Å²) < 4.78 is 2.12. The molecule has 1 aromatic heterocycles. The Kier molecular flexibility index (Phi) is 5.12. The highest BCUT2D eigenvalue weighted by Gasteiger charge is 2.18. The number of aromatic nitrogens is 1. The molecule has 0 saturated heterocycles. The summed E-state index contributed by atoms with van der Waals surface area (Å²) in [5, 5.41) is 12.0. The molecule has 0 aliphatic rings. The smallest absolute Gasteiger partial charge is 0.310 e. The van der Waals surface area contributed by atoms with E-state index in [1.807, 2.05) is 19.9 Å². The maximum Gasteiger partial charge on any atom is 0.310 e. The summed E-state index contributed by atoms with van der Waals surface area (Å²) in [6.45, 7) is 9.71. The van der Waals surface area contributed by atoms with E-state index in [0.29, 0.717) is 16.8 Å². The molecule has 2 rings (SSSR count). The fraction of sp³-hybridized carbons (Fsp3) is 0.368. The highest BCUT2D eigenvalue weighted by atomic mass is 16.4. The van der Waals surface area contributed by atoms with Gasteiger partial charge in [0.15, 0.2) is 0 Å². The van der Waals surface area contributed by atoms with Crippen LogP contribution in [0.25, 0.3) is 0 Å². The molecule has 0 aliphatic heterocycles. The fourth-order valence-corrected chi connectivity index (χ4v) is 3.03. The van der Waals surface area contributed by atoms with E-state index in [0.717, 1.165) is 11.4 Å². The number of rotatable bonds is 5. The molecular formula is C19H24N2O3. The number of hydrogen-bond donors (Lipinski definition) is 2. The van der Waals surface area contributed by atoms with Gasteiger partial charge in [0, 0.05) is 23.1 Å². The lowest BCUT2D eigenvalue weighted by atomic mass is 10.0. The van der Waals surface area contributed by atoms with E-state index in [-0.39, 0.29) is 11.9 Å². The highest BCUT2D eigenvalue weighted by molar-refractivity contribution is 6.05. The van der Waals surface area contributed by atoms with Crippen molar-refractivity contribution >= 4 is 17.6 Å². The number of carbonyl (C=O) groups excluding carboxylic acids is 1. The molecule has 5 nitrogen and oxygen atoms in total. The third kappa shape index (κ3) is 3.50. The maximum absolute atomic E-state index is 12.6. The number of carboxylic acids is 1. The first-order valence-electron chi connectivity index (χ1n) is 8.05. The van der Waals surface area contributed by atoms with Gasteiger partial charge in [-0.2, -0.15) is 0 Å². The molecule has 5 heteroatoms. The first kappa shape index (κ1) is 17.8. The number of aryl methyl sites for hydroxylation is 1. The number of carboxylic acid groups (broad SMARTS) is 1. The molecule has 2 aromatic rings. The molecule has 1 amide bonds. The quantitative estimate of drug-likeness (QED) is 0.867. The number of carbonyl (C=O) groups is 2. The van der Waals surface area contributed by atoms with Gasteiger partial charge in [0.2, 0.25) is 0 Å². The average Bonchev–Trinajstić information content (AvgIpc) is 2.81. The largest absolute Gasteiger partial charge is 0.481 e. The van der Waals surface area contributed by atoms with Gasteiger partial charge in [-0.1, -0.05) is 12.1 Å². The van der Waals surface area contributed by atoms with Crippen molar-refractivity contribution in [1.82, 2.24) is 4.57 Å². The lowest BCUT2D eigenvalue weighted by Gasteiger charge is -2.14. The zero-order valence-corrected chi connectivity index (χ0v) is 14.8. The fourth-order valence-electron chi connectivity index (χ4n) is 3.03. The Hall–Kier alpha value is -2.56. The minimum Gasteiger partial charge on any atom is -0.481 e. The van der Waals surface area contributed by atoms with Crippen LogP contribution in [0.15, 0.2) is 30.3 Å². The van der Waals surface area contributed by atoms with Crippen LogP contribution in [0.3, 0.4) is 0 Å². The monoisotopic (exact) mass is 328 g/mol. The number of aliphatic carboxylic acids is 1. The number of anilines is 1. The number of nitrogens with zero attached hydrogens (tertiary/aromatic N) is 1. The van der Waals surface area contributed by atoms with Crippen molar-refractivity contribution in [1.29, 1.82) is 0 Å². The van der Waals surface area contributed by atoms with Crippen LogP contribution in [0.4, 0.5) is 5.69 Å². The third-order valence-corrected chi connectivity index (χ3v) is 4.26. The predicted octanol–water partition coefficient (Wildman–Crippen LogP) is 4.13. The first-order chi connectivity index (χ1) is 11.2. The van der Waals surface area contributed by atoms with Gasteiger partial charge in [0.25, 0.3) is 5.91 Å². The van der Waals surface area contributed by atoms with Crippen molar-refractivity contribution in [3.8, 4) is 0 Å². The SMILES string of the molecule is Cc1cc(C(=O)Nc2cccc(C(C)C(=O)O)c2)c(C)n1C(C)C. The van der Waals surface area contributed by atoms with Gasteiger partial charge in [0.05, 0.1) is 11.5 Å². The Morgan fingerprint density at radius 1 is 1.12 bits per heavy atom. The third-order valence-electron chi connectivity index (χ3n) is 4.26. The Morgan fingerprint density at radius 3 is 2.33 bits per heavy atom. The molecule has 1 aromatic carbocycles. The van der Waals surface area contributed by atoms with Gasteiger partial charge in [-0.15, -0.1) is 0 Å². The number of hydrogen-bond acceptors (Lipinski definition) is 2. The Labute approximate surface area is 142 Å². The van der Waals surface area contributed by atoms with Crippen LogP contribution in [0, 0.1) is 13.8 Å². The van der Waals surface area contributed by atoms with Gasteiger partial charge in [0.1, 0.15) is 0 Å². The topological polar surface area (TPSA) is 71.3 Å². The molecule has 1 atom stereocenters. The Balaban J connectivity index is 2.26. The summed E-state index contributed by atoms with van der Waals surface area (Å²) in [5.41, 5.74) is 3.86. The molecule has 2 N–H and O–H groups in total. The van der Waals surface area contributed by atoms with Crippen LogP contribution in [0.2, 0.25) is 0 Å². The van der Waals surface area contributed by atoms with E-state index in [9.17, 15) is 9.59 Å². The van der Waals surface area contributed by atoms with Crippen molar-refractivity contribution in [3.63, 3.8) is 0 Å². The van der Waals surface area contributed by atoms with Crippen molar-refractivity contribution in [2.45, 2.75) is 46.6 Å². The van der Waals surface area contributed by atoms with Crippen molar-refractivity contribution in [2.75, 3.05) is 5.32 Å². The molecular weight excluding hydrogens is 304 g/mol. The molecule has 24 heavy (non-hydrogen) atoms. The van der Waals surface area contributed by atoms with Crippen LogP contribution in [-0.2, 0) is 4.79 Å². The van der Waals surface area contributed by atoms with E-state index < -0.39 is 11.9 Å². The number of amides is 1. The summed E-state index contributed by atoms with van der Waals surface area (Å²) in [7, 11) is 0. The average molecular weight is 328 g/mol. The Bertz CT molecular complexity index is 775. The number of benzene rings is 1. The zero-order chi connectivity index (χ0) is 18.0. The first-order valence-corrected chi connectivity index (χ1v) is 8.05. The lowest BCUT2D eigenvalue weighted by molar-refractivity contribution is -0.138. The predicted molar refractivity (Wildman–Crippen MR) is 94.7 cm³/mol. The Morgan fingerprint density at radius 2 is 1.79 bits per heavy atom. The standard InChI is InChI=1S/C19H24N2O3/c1-11(2)21-12(3)9-17(14(21)5)18(22)20-16-8-6-7-15(10-16)13(4)19(23)24/h6-11,13H,1-5H3,(H,20,22)(H,23,24). The molecule has 0 bridgehead atoms.